The van der Waals surface area contributed by atoms with E-state index < -0.39 is 6.04 Å². The molecule has 1 aromatic carbocycles. The summed E-state index contributed by atoms with van der Waals surface area (Å²) >= 11 is 1.65. The summed E-state index contributed by atoms with van der Waals surface area (Å²) in [7, 11) is 0. The number of carbonyl (C=O) groups excluding carboxylic acids is 1. The predicted molar refractivity (Wildman–Crippen MR) is 77.6 cm³/mol. The van der Waals surface area contributed by atoms with Gasteiger partial charge in [-0.05, 0) is 42.4 Å². The average Bonchev–Trinajstić information content (AvgIpc) is 2.39. The summed E-state index contributed by atoms with van der Waals surface area (Å²) in [5.74, 6) is 0.706. The number of hydrogen-bond donors (Lipinski definition) is 2. The lowest BCUT2D eigenvalue weighted by Gasteiger charge is -2.15. The molecule has 3 nitrogen and oxygen atoms in total. The number of benzene rings is 1. The lowest BCUT2D eigenvalue weighted by atomic mass is 10.1. The van der Waals surface area contributed by atoms with E-state index in [1.165, 1.54) is 12.1 Å². The highest BCUT2D eigenvalue weighted by molar-refractivity contribution is 7.99. The monoisotopic (exact) mass is 284 g/mol. The Balaban J connectivity index is 2.14. The Hall–Kier alpha value is -1.07. The van der Waals surface area contributed by atoms with Gasteiger partial charge in [-0.15, -0.1) is 11.8 Å². The smallest absolute Gasteiger partial charge is 0.237 e. The number of thioether (sulfide) groups is 1. The van der Waals surface area contributed by atoms with E-state index >= 15 is 0 Å². The van der Waals surface area contributed by atoms with Crippen LogP contribution >= 0.6 is 11.8 Å². The molecule has 0 aromatic heterocycles. The van der Waals surface area contributed by atoms with Crippen LogP contribution in [-0.4, -0.2) is 24.2 Å². The second-order valence-electron chi connectivity index (χ2n) is 4.72. The quantitative estimate of drug-likeness (QED) is 0.597. The van der Waals surface area contributed by atoms with Gasteiger partial charge in [0.15, 0.2) is 0 Å². The van der Waals surface area contributed by atoms with Crippen LogP contribution in [0.5, 0.6) is 0 Å². The van der Waals surface area contributed by atoms with Gasteiger partial charge in [0.25, 0.3) is 0 Å². The van der Waals surface area contributed by atoms with Gasteiger partial charge >= 0.3 is 0 Å². The number of carbonyl (C=O) groups is 1. The fourth-order valence-corrected chi connectivity index (χ4v) is 2.28. The van der Waals surface area contributed by atoms with Gasteiger partial charge in [0, 0.05) is 11.4 Å². The molecule has 1 amide bonds. The lowest BCUT2D eigenvalue weighted by molar-refractivity contribution is -0.123. The summed E-state index contributed by atoms with van der Waals surface area (Å²) in [4.78, 5) is 12.6. The van der Waals surface area contributed by atoms with E-state index in [9.17, 15) is 9.18 Å². The Kier molecular flexibility index (Phi) is 6.87. The molecule has 0 aliphatic heterocycles. The van der Waals surface area contributed by atoms with Crippen LogP contribution in [0.25, 0.3) is 0 Å². The van der Waals surface area contributed by atoms with Crippen LogP contribution in [0.2, 0.25) is 0 Å². The van der Waals surface area contributed by atoms with Crippen LogP contribution in [0.1, 0.15) is 20.3 Å². The molecule has 106 valence electrons. The standard InChI is InChI=1S/C14H21FN2OS/c1-10(2)13(16)14(18)17-8-3-9-19-12-6-4-11(15)5-7-12/h4-7,10,13H,3,8-9,16H2,1-2H3,(H,17,18)/t13-/m0/s1. The molecule has 1 atom stereocenters. The lowest BCUT2D eigenvalue weighted by Crippen LogP contribution is -2.44. The first kappa shape index (κ1) is 16.0. The Morgan fingerprint density at radius 3 is 2.58 bits per heavy atom. The summed E-state index contributed by atoms with van der Waals surface area (Å²) in [6.45, 7) is 4.47. The minimum Gasteiger partial charge on any atom is -0.355 e. The van der Waals surface area contributed by atoms with Gasteiger partial charge < -0.3 is 11.1 Å². The van der Waals surface area contributed by atoms with Crippen LogP contribution in [0, 0.1) is 11.7 Å². The Bertz CT molecular complexity index is 395. The highest BCUT2D eigenvalue weighted by Crippen LogP contribution is 2.18. The van der Waals surface area contributed by atoms with Gasteiger partial charge in [-0.1, -0.05) is 13.8 Å². The molecular weight excluding hydrogens is 263 g/mol. The molecule has 3 N–H and O–H groups in total. The van der Waals surface area contributed by atoms with E-state index in [2.05, 4.69) is 5.32 Å². The van der Waals surface area contributed by atoms with Gasteiger partial charge in [0.1, 0.15) is 5.82 Å². The zero-order valence-electron chi connectivity index (χ0n) is 11.4. The van der Waals surface area contributed by atoms with Crippen LogP contribution < -0.4 is 11.1 Å². The Morgan fingerprint density at radius 1 is 1.37 bits per heavy atom. The maximum atomic E-state index is 12.7. The number of nitrogens with one attached hydrogen (secondary N) is 1. The molecule has 1 rings (SSSR count). The normalized spacial score (nSPS) is 12.5. The third-order valence-corrected chi connectivity index (χ3v) is 3.82. The molecule has 0 aliphatic carbocycles. The van der Waals surface area contributed by atoms with Crippen molar-refractivity contribution in [3.05, 3.63) is 30.1 Å². The van der Waals surface area contributed by atoms with Crippen molar-refractivity contribution in [3.63, 3.8) is 0 Å². The van der Waals surface area contributed by atoms with Crippen molar-refractivity contribution in [3.8, 4) is 0 Å². The summed E-state index contributed by atoms with van der Waals surface area (Å²) in [5, 5.41) is 2.82. The summed E-state index contributed by atoms with van der Waals surface area (Å²) < 4.78 is 12.7. The fraction of sp³-hybridized carbons (Fsp3) is 0.500. The van der Waals surface area contributed by atoms with E-state index in [0.29, 0.717) is 6.54 Å². The van der Waals surface area contributed by atoms with Gasteiger partial charge in [-0.25, -0.2) is 4.39 Å². The minimum atomic E-state index is -0.440. The zero-order chi connectivity index (χ0) is 14.3. The third kappa shape index (κ3) is 6.07. The molecule has 19 heavy (non-hydrogen) atoms. The largest absolute Gasteiger partial charge is 0.355 e. The summed E-state index contributed by atoms with van der Waals surface area (Å²) in [6.07, 6.45) is 0.860. The highest BCUT2D eigenvalue weighted by Gasteiger charge is 2.15. The number of amides is 1. The molecule has 1 aromatic rings. The Labute approximate surface area is 118 Å². The molecule has 0 unspecified atom stereocenters. The van der Waals surface area contributed by atoms with Gasteiger partial charge in [0.05, 0.1) is 6.04 Å². The van der Waals surface area contributed by atoms with Crippen molar-refractivity contribution in [2.45, 2.75) is 31.2 Å². The van der Waals surface area contributed by atoms with Gasteiger partial charge in [-0.3, -0.25) is 4.79 Å². The third-order valence-electron chi connectivity index (χ3n) is 2.72. The highest BCUT2D eigenvalue weighted by atomic mass is 32.2. The first-order chi connectivity index (χ1) is 9.00. The molecule has 0 spiro atoms. The van der Waals surface area contributed by atoms with Crippen LogP contribution in [-0.2, 0) is 4.79 Å². The minimum absolute atomic E-state index is 0.0956. The van der Waals surface area contributed by atoms with Crippen molar-refractivity contribution < 1.29 is 9.18 Å². The number of hydrogen-bond acceptors (Lipinski definition) is 3. The molecule has 0 fully saturated rings. The second kappa shape index (κ2) is 8.17. The van der Waals surface area contributed by atoms with Crippen LogP contribution in [0.4, 0.5) is 4.39 Å². The van der Waals surface area contributed by atoms with E-state index in [-0.39, 0.29) is 17.6 Å². The van der Waals surface area contributed by atoms with Gasteiger partial charge in [-0.2, -0.15) is 0 Å². The topological polar surface area (TPSA) is 55.1 Å². The molecule has 0 radical (unpaired) electrons. The molecule has 5 heteroatoms. The molecule has 0 saturated carbocycles. The summed E-state index contributed by atoms with van der Waals surface area (Å²) in [6, 6.07) is 5.97. The first-order valence-corrected chi connectivity index (χ1v) is 7.41. The maximum absolute atomic E-state index is 12.7. The average molecular weight is 284 g/mol. The van der Waals surface area contributed by atoms with E-state index in [1.807, 2.05) is 13.8 Å². The maximum Gasteiger partial charge on any atom is 0.237 e. The predicted octanol–water partition coefficient (Wildman–Crippen LogP) is 2.41. The van der Waals surface area contributed by atoms with E-state index in [1.54, 1.807) is 23.9 Å². The second-order valence-corrected chi connectivity index (χ2v) is 5.89. The van der Waals surface area contributed by atoms with E-state index in [4.69, 9.17) is 5.73 Å². The molecule has 0 saturated heterocycles. The van der Waals surface area contributed by atoms with Gasteiger partial charge in [0.2, 0.25) is 5.91 Å². The summed E-state index contributed by atoms with van der Waals surface area (Å²) in [5.41, 5.74) is 5.73. The van der Waals surface area contributed by atoms with Crippen molar-refractivity contribution >= 4 is 17.7 Å². The van der Waals surface area contributed by atoms with Crippen molar-refractivity contribution in [1.29, 1.82) is 0 Å². The van der Waals surface area contributed by atoms with Crippen LogP contribution in [0.15, 0.2) is 29.2 Å². The first-order valence-electron chi connectivity index (χ1n) is 6.42. The molecule has 0 bridgehead atoms. The Morgan fingerprint density at radius 2 is 2.00 bits per heavy atom. The number of nitrogens with two attached hydrogens (primary N) is 1. The van der Waals surface area contributed by atoms with E-state index in [0.717, 1.165) is 17.1 Å². The van der Waals surface area contributed by atoms with Crippen molar-refractivity contribution in [1.82, 2.24) is 5.32 Å². The van der Waals surface area contributed by atoms with Crippen LogP contribution in [0.3, 0.4) is 0 Å². The van der Waals surface area contributed by atoms with Crippen molar-refractivity contribution in [2.24, 2.45) is 11.7 Å². The SMILES string of the molecule is CC(C)[C@H](N)C(=O)NCCCSc1ccc(F)cc1. The van der Waals surface area contributed by atoms with Crippen molar-refractivity contribution in [2.75, 3.05) is 12.3 Å². The molecule has 0 aliphatic rings. The fourth-order valence-electron chi connectivity index (χ4n) is 1.43. The number of halogens is 1. The zero-order valence-corrected chi connectivity index (χ0v) is 12.2. The molecule has 0 heterocycles. The molecular formula is C14H21FN2OS. The number of rotatable bonds is 7.